The molecule has 1 aromatic rings. The molecule has 0 saturated carbocycles. The summed E-state index contributed by atoms with van der Waals surface area (Å²) in [6.45, 7) is 3.71. The lowest BCUT2D eigenvalue weighted by Gasteiger charge is -2.15. The Morgan fingerprint density at radius 3 is 2.43 bits per heavy atom. The number of halogens is 1. The van der Waals surface area contributed by atoms with Crippen molar-refractivity contribution < 1.29 is 4.21 Å². The number of hydrogen-bond acceptors (Lipinski definition) is 2. The van der Waals surface area contributed by atoms with Crippen molar-refractivity contribution in [1.82, 2.24) is 0 Å². The van der Waals surface area contributed by atoms with Crippen LogP contribution in [0.5, 0.6) is 0 Å². The van der Waals surface area contributed by atoms with Crippen LogP contribution in [0.3, 0.4) is 0 Å². The first-order valence-corrected chi connectivity index (χ1v) is 6.04. The van der Waals surface area contributed by atoms with Crippen LogP contribution in [-0.2, 0) is 10.8 Å². The summed E-state index contributed by atoms with van der Waals surface area (Å²) in [5.41, 5.74) is 5.69. The fourth-order valence-electron chi connectivity index (χ4n) is 1.00. The predicted molar refractivity (Wildman–Crippen MR) is 61.0 cm³/mol. The topological polar surface area (TPSA) is 43.1 Å². The standard InChI is InChI=1S/C10H14ClNOS/c1-7(12)8(2)14(13)10-6-4-3-5-9(10)11/h3-8H,12H2,1-2H3. The SMILES string of the molecule is CC(N)C(C)S(=O)c1ccccc1Cl. The van der Waals surface area contributed by atoms with E-state index in [1.54, 1.807) is 12.1 Å². The van der Waals surface area contributed by atoms with Gasteiger partial charge in [0, 0.05) is 6.04 Å². The van der Waals surface area contributed by atoms with Crippen LogP contribution >= 0.6 is 11.6 Å². The summed E-state index contributed by atoms with van der Waals surface area (Å²) in [6, 6.07) is 7.05. The molecule has 3 atom stereocenters. The van der Waals surface area contributed by atoms with Gasteiger partial charge in [0.15, 0.2) is 0 Å². The van der Waals surface area contributed by atoms with Crippen LogP contribution in [-0.4, -0.2) is 15.5 Å². The molecule has 0 heterocycles. The zero-order chi connectivity index (χ0) is 10.7. The molecule has 0 aromatic heterocycles. The van der Waals surface area contributed by atoms with E-state index >= 15 is 0 Å². The van der Waals surface area contributed by atoms with Gasteiger partial charge in [-0.05, 0) is 26.0 Å². The largest absolute Gasteiger partial charge is 0.327 e. The molecule has 1 rings (SSSR count). The van der Waals surface area contributed by atoms with E-state index in [0.29, 0.717) is 9.92 Å². The van der Waals surface area contributed by atoms with Gasteiger partial charge in [0.1, 0.15) is 0 Å². The molecule has 0 amide bonds. The van der Waals surface area contributed by atoms with Gasteiger partial charge in [-0.1, -0.05) is 23.7 Å². The van der Waals surface area contributed by atoms with Crippen molar-refractivity contribution in [2.75, 3.05) is 0 Å². The van der Waals surface area contributed by atoms with Crippen LogP contribution in [0.15, 0.2) is 29.2 Å². The number of hydrogen-bond donors (Lipinski definition) is 1. The minimum Gasteiger partial charge on any atom is -0.327 e. The van der Waals surface area contributed by atoms with Gasteiger partial charge in [0.25, 0.3) is 0 Å². The molecular formula is C10H14ClNOS. The number of nitrogens with two attached hydrogens (primary N) is 1. The molecule has 78 valence electrons. The van der Waals surface area contributed by atoms with Gasteiger partial charge < -0.3 is 5.73 Å². The molecule has 2 N–H and O–H groups in total. The monoisotopic (exact) mass is 231 g/mol. The van der Waals surface area contributed by atoms with Gasteiger partial charge in [-0.2, -0.15) is 0 Å². The summed E-state index contributed by atoms with van der Waals surface area (Å²) in [7, 11) is -1.13. The van der Waals surface area contributed by atoms with E-state index in [1.807, 2.05) is 26.0 Å². The zero-order valence-electron chi connectivity index (χ0n) is 8.24. The van der Waals surface area contributed by atoms with Crippen LogP contribution in [0.2, 0.25) is 5.02 Å². The first-order chi connectivity index (χ1) is 6.54. The summed E-state index contributed by atoms with van der Waals surface area (Å²) in [4.78, 5) is 0.666. The number of rotatable bonds is 3. The molecule has 1 aromatic carbocycles. The molecule has 0 aliphatic carbocycles. The Morgan fingerprint density at radius 2 is 1.93 bits per heavy atom. The fraction of sp³-hybridized carbons (Fsp3) is 0.400. The quantitative estimate of drug-likeness (QED) is 0.867. The second-order valence-electron chi connectivity index (χ2n) is 3.29. The lowest BCUT2D eigenvalue weighted by Crippen LogP contribution is -2.32. The summed E-state index contributed by atoms with van der Waals surface area (Å²) >= 11 is 5.93. The molecule has 0 radical (unpaired) electrons. The smallest absolute Gasteiger partial charge is 0.0588 e. The highest BCUT2D eigenvalue weighted by molar-refractivity contribution is 7.85. The van der Waals surface area contributed by atoms with Gasteiger partial charge in [0.2, 0.25) is 0 Å². The van der Waals surface area contributed by atoms with Gasteiger partial charge in [-0.15, -0.1) is 0 Å². The van der Waals surface area contributed by atoms with E-state index in [1.165, 1.54) is 0 Å². The maximum absolute atomic E-state index is 12.0. The molecule has 0 aliphatic rings. The van der Waals surface area contributed by atoms with Crippen molar-refractivity contribution in [3.8, 4) is 0 Å². The van der Waals surface area contributed by atoms with Crippen LogP contribution < -0.4 is 5.73 Å². The molecule has 0 saturated heterocycles. The van der Waals surface area contributed by atoms with Crippen LogP contribution in [0.25, 0.3) is 0 Å². The molecule has 0 bridgehead atoms. The maximum atomic E-state index is 12.0. The Labute approximate surface area is 91.9 Å². The van der Waals surface area contributed by atoms with E-state index in [2.05, 4.69) is 0 Å². The summed E-state index contributed by atoms with van der Waals surface area (Å²) < 4.78 is 12.0. The molecule has 3 unspecified atom stereocenters. The van der Waals surface area contributed by atoms with Crippen molar-refractivity contribution in [3.63, 3.8) is 0 Å². The van der Waals surface area contributed by atoms with Gasteiger partial charge in [0.05, 0.1) is 26.0 Å². The minimum absolute atomic E-state index is 0.0881. The maximum Gasteiger partial charge on any atom is 0.0588 e. The lowest BCUT2D eigenvalue weighted by atomic mass is 10.3. The van der Waals surface area contributed by atoms with Crippen molar-refractivity contribution in [2.24, 2.45) is 5.73 Å². The highest BCUT2D eigenvalue weighted by Crippen LogP contribution is 2.21. The van der Waals surface area contributed by atoms with Gasteiger partial charge in [-0.3, -0.25) is 4.21 Å². The molecule has 0 spiro atoms. The average molecular weight is 232 g/mol. The average Bonchev–Trinajstić information content (AvgIpc) is 2.16. The van der Waals surface area contributed by atoms with Crippen molar-refractivity contribution in [1.29, 1.82) is 0 Å². The fourth-order valence-corrected chi connectivity index (χ4v) is 2.63. The number of benzene rings is 1. The van der Waals surface area contributed by atoms with Crippen molar-refractivity contribution >= 4 is 22.4 Å². The molecule has 0 aliphatic heterocycles. The first-order valence-electron chi connectivity index (χ1n) is 4.44. The second kappa shape index (κ2) is 4.91. The van der Waals surface area contributed by atoms with E-state index in [-0.39, 0.29) is 11.3 Å². The second-order valence-corrected chi connectivity index (χ2v) is 5.48. The van der Waals surface area contributed by atoms with Crippen molar-refractivity contribution in [3.05, 3.63) is 29.3 Å². The van der Waals surface area contributed by atoms with Crippen LogP contribution in [0.1, 0.15) is 13.8 Å². The summed E-state index contributed by atoms with van der Waals surface area (Å²) in [6.07, 6.45) is 0. The van der Waals surface area contributed by atoms with Crippen LogP contribution in [0, 0.1) is 0 Å². The van der Waals surface area contributed by atoms with Gasteiger partial charge >= 0.3 is 0 Å². The third-order valence-electron chi connectivity index (χ3n) is 2.13. The van der Waals surface area contributed by atoms with E-state index in [9.17, 15) is 4.21 Å². The molecule has 0 fully saturated rings. The van der Waals surface area contributed by atoms with E-state index < -0.39 is 10.8 Å². The Bertz CT molecular complexity index is 341. The predicted octanol–water partition coefficient (Wildman–Crippen LogP) is 2.18. The van der Waals surface area contributed by atoms with Gasteiger partial charge in [-0.25, -0.2) is 0 Å². The Morgan fingerprint density at radius 1 is 1.36 bits per heavy atom. The first kappa shape index (κ1) is 11.7. The van der Waals surface area contributed by atoms with Crippen LogP contribution in [0.4, 0.5) is 0 Å². The zero-order valence-corrected chi connectivity index (χ0v) is 9.81. The third kappa shape index (κ3) is 2.56. The highest BCUT2D eigenvalue weighted by atomic mass is 35.5. The van der Waals surface area contributed by atoms with Crippen molar-refractivity contribution in [2.45, 2.75) is 30.0 Å². The molecular weight excluding hydrogens is 218 g/mol. The highest BCUT2D eigenvalue weighted by Gasteiger charge is 2.18. The lowest BCUT2D eigenvalue weighted by molar-refractivity contribution is 0.649. The van der Waals surface area contributed by atoms with E-state index in [4.69, 9.17) is 17.3 Å². The Balaban J connectivity index is 2.95. The Hall–Kier alpha value is -0.380. The molecule has 2 nitrogen and oxygen atoms in total. The van der Waals surface area contributed by atoms with E-state index in [0.717, 1.165) is 0 Å². The third-order valence-corrected chi connectivity index (χ3v) is 4.47. The molecule has 14 heavy (non-hydrogen) atoms. The Kier molecular flexibility index (Phi) is 4.11. The molecule has 4 heteroatoms. The normalized spacial score (nSPS) is 17.4. The minimum atomic E-state index is -1.13. The summed E-state index contributed by atoms with van der Waals surface area (Å²) in [5, 5.41) is 0.452. The summed E-state index contributed by atoms with van der Waals surface area (Å²) in [5.74, 6) is 0.